The number of aryl methyl sites for hydroxylation is 1. The first kappa shape index (κ1) is 7.88. The monoisotopic (exact) mass is 218 g/mol. The predicted octanol–water partition coefficient (Wildman–Crippen LogP) is 2.41. The van der Waals surface area contributed by atoms with Crippen LogP contribution in [0.4, 0.5) is 5.69 Å². The maximum Gasteiger partial charge on any atom is 0.130 e. The molecule has 0 bridgehead atoms. The molecule has 0 aliphatic carbocycles. The lowest BCUT2D eigenvalue weighted by atomic mass is 10.4. The molecule has 10 heavy (non-hydrogen) atoms. The molecule has 0 saturated heterocycles. The van der Waals surface area contributed by atoms with Crippen LogP contribution in [0.5, 0.6) is 0 Å². The van der Waals surface area contributed by atoms with Gasteiger partial charge in [-0.1, -0.05) is 12.8 Å². The molecule has 54 valence electrons. The summed E-state index contributed by atoms with van der Waals surface area (Å²) in [5.74, 6) is 0. The maximum absolute atomic E-state index is 4.15. The van der Waals surface area contributed by atoms with E-state index in [2.05, 4.69) is 38.5 Å². The van der Waals surface area contributed by atoms with Gasteiger partial charge in [-0.2, -0.15) is 0 Å². The van der Waals surface area contributed by atoms with Crippen molar-refractivity contribution in [3.8, 4) is 0 Å². The van der Waals surface area contributed by atoms with Crippen molar-refractivity contribution in [3.05, 3.63) is 22.4 Å². The number of hydrogen-bond acceptors (Lipinski definition) is 3. The van der Waals surface area contributed by atoms with E-state index in [1.165, 1.54) is 0 Å². The molecule has 1 aromatic rings. The Hall–Kier alpha value is -0.220. The third-order valence-electron chi connectivity index (χ3n) is 1.11. The molecule has 2 nitrogen and oxygen atoms in total. The maximum atomic E-state index is 4.15. The zero-order valence-corrected chi connectivity index (χ0v) is 7.91. The molecule has 0 aromatic carbocycles. The van der Waals surface area contributed by atoms with Crippen LogP contribution in [-0.4, -0.2) is 4.98 Å². The molecule has 1 aromatic heterocycles. The van der Waals surface area contributed by atoms with E-state index in [4.69, 9.17) is 0 Å². The smallest absolute Gasteiger partial charge is 0.130 e. The third kappa shape index (κ3) is 1.64. The van der Waals surface area contributed by atoms with Crippen LogP contribution in [0.15, 0.2) is 16.7 Å². The highest BCUT2D eigenvalue weighted by molar-refractivity contribution is 9.10. The highest BCUT2D eigenvalue weighted by Gasteiger charge is 1.96. The molecule has 4 heteroatoms. The Morgan fingerprint density at radius 3 is 2.80 bits per heavy atom. The van der Waals surface area contributed by atoms with Gasteiger partial charge >= 0.3 is 0 Å². The van der Waals surface area contributed by atoms with E-state index in [1.54, 1.807) is 0 Å². The number of halogens is 1. The molecule has 1 N–H and O–H groups in total. The summed E-state index contributed by atoms with van der Waals surface area (Å²) >= 11 is 7.18. The molecule has 0 amide bonds. The summed E-state index contributed by atoms with van der Waals surface area (Å²) in [7, 11) is 0. The zero-order valence-electron chi connectivity index (χ0n) is 5.43. The molecule has 1 rings (SSSR count). The molecule has 0 radical (unpaired) electrons. The van der Waals surface area contributed by atoms with Gasteiger partial charge in [0.1, 0.15) is 4.60 Å². The Bertz CT molecular complexity index is 239. The summed E-state index contributed by atoms with van der Waals surface area (Å²) < 4.78 is 3.50. The second-order valence-corrected chi connectivity index (χ2v) is 2.88. The number of anilines is 1. The fraction of sp³-hybridized carbons (Fsp3) is 0.167. The van der Waals surface area contributed by atoms with Crippen LogP contribution in [0.25, 0.3) is 0 Å². The summed E-state index contributed by atoms with van der Waals surface area (Å²) in [4.78, 5) is 4.15. The van der Waals surface area contributed by atoms with Crippen LogP contribution in [0.2, 0.25) is 0 Å². The van der Waals surface area contributed by atoms with Crippen molar-refractivity contribution in [2.75, 3.05) is 4.72 Å². The van der Waals surface area contributed by atoms with Crippen molar-refractivity contribution in [1.82, 2.24) is 4.98 Å². The Morgan fingerprint density at radius 1 is 1.60 bits per heavy atom. The van der Waals surface area contributed by atoms with Gasteiger partial charge in [0.2, 0.25) is 0 Å². The average molecular weight is 219 g/mol. The second kappa shape index (κ2) is 3.25. The van der Waals surface area contributed by atoms with Gasteiger partial charge in [0.05, 0.1) is 5.69 Å². The second-order valence-electron chi connectivity index (χ2n) is 1.90. The lowest BCUT2D eigenvalue weighted by Crippen LogP contribution is -1.87. The molecule has 0 aliphatic rings. The SMILES string of the molecule is Cc1ccc(NS)c(Br)n1. The van der Waals surface area contributed by atoms with Gasteiger partial charge in [-0.3, -0.25) is 0 Å². The van der Waals surface area contributed by atoms with Crippen LogP contribution in [-0.2, 0) is 0 Å². The highest BCUT2D eigenvalue weighted by Crippen LogP contribution is 2.19. The summed E-state index contributed by atoms with van der Waals surface area (Å²) in [5, 5.41) is 0. The van der Waals surface area contributed by atoms with Gasteiger partial charge in [0.15, 0.2) is 0 Å². The van der Waals surface area contributed by atoms with Gasteiger partial charge < -0.3 is 4.72 Å². The number of thiol groups is 1. The van der Waals surface area contributed by atoms with Crippen molar-refractivity contribution in [1.29, 1.82) is 0 Å². The van der Waals surface area contributed by atoms with E-state index < -0.39 is 0 Å². The van der Waals surface area contributed by atoms with Gasteiger partial charge in [-0.15, -0.1) is 0 Å². The van der Waals surface area contributed by atoms with E-state index in [-0.39, 0.29) is 0 Å². The molecule has 0 aliphatic heterocycles. The van der Waals surface area contributed by atoms with Crippen molar-refractivity contribution in [2.24, 2.45) is 0 Å². The van der Waals surface area contributed by atoms with E-state index in [0.29, 0.717) is 0 Å². The van der Waals surface area contributed by atoms with Gasteiger partial charge in [-0.25, -0.2) is 4.98 Å². The molecule has 0 saturated carbocycles. The van der Waals surface area contributed by atoms with E-state index in [9.17, 15) is 0 Å². The van der Waals surface area contributed by atoms with Crippen LogP contribution in [0, 0.1) is 6.92 Å². The Kier molecular flexibility index (Phi) is 2.56. The lowest BCUT2D eigenvalue weighted by molar-refractivity contribution is 1.17. The fourth-order valence-corrected chi connectivity index (χ4v) is 1.45. The predicted molar refractivity (Wildman–Crippen MR) is 49.3 cm³/mol. The Labute approximate surface area is 73.7 Å². The summed E-state index contributed by atoms with van der Waals surface area (Å²) in [6.07, 6.45) is 0. The minimum atomic E-state index is 0.794. The van der Waals surface area contributed by atoms with E-state index in [0.717, 1.165) is 16.0 Å². The van der Waals surface area contributed by atoms with Crippen LogP contribution in [0.1, 0.15) is 5.69 Å². The molecular formula is C6H7BrN2S. The Morgan fingerprint density at radius 2 is 2.30 bits per heavy atom. The van der Waals surface area contributed by atoms with E-state index in [1.807, 2.05) is 19.1 Å². The normalized spacial score (nSPS) is 9.50. The average Bonchev–Trinajstić information content (AvgIpc) is 1.88. The van der Waals surface area contributed by atoms with Crippen LogP contribution >= 0.6 is 28.7 Å². The van der Waals surface area contributed by atoms with Gasteiger partial charge in [0, 0.05) is 5.69 Å². The minimum absolute atomic E-state index is 0.794. The topological polar surface area (TPSA) is 24.9 Å². The lowest BCUT2D eigenvalue weighted by Gasteiger charge is -2.00. The fourth-order valence-electron chi connectivity index (χ4n) is 0.608. The van der Waals surface area contributed by atoms with Crippen molar-refractivity contribution >= 4 is 34.4 Å². The molecule has 0 spiro atoms. The number of pyridine rings is 1. The molecule has 0 atom stereocenters. The Balaban J connectivity index is 3.07. The minimum Gasteiger partial charge on any atom is -0.330 e. The summed E-state index contributed by atoms with van der Waals surface area (Å²) in [6, 6.07) is 3.84. The molecular weight excluding hydrogens is 212 g/mol. The molecule has 1 heterocycles. The van der Waals surface area contributed by atoms with Crippen LogP contribution < -0.4 is 4.72 Å². The van der Waals surface area contributed by atoms with Gasteiger partial charge in [-0.05, 0) is 35.0 Å². The van der Waals surface area contributed by atoms with Crippen molar-refractivity contribution < 1.29 is 0 Å². The largest absolute Gasteiger partial charge is 0.330 e. The highest BCUT2D eigenvalue weighted by atomic mass is 79.9. The number of aromatic nitrogens is 1. The first-order valence-electron chi connectivity index (χ1n) is 2.77. The number of nitrogens with one attached hydrogen (secondary N) is 1. The van der Waals surface area contributed by atoms with Crippen LogP contribution in [0.3, 0.4) is 0 Å². The van der Waals surface area contributed by atoms with Crippen molar-refractivity contribution in [3.63, 3.8) is 0 Å². The van der Waals surface area contributed by atoms with Crippen molar-refractivity contribution in [2.45, 2.75) is 6.92 Å². The number of rotatable bonds is 1. The third-order valence-corrected chi connectivity index (χ3v) is 1.95. The first-order valence-corrected chi connectivity index (χ1v) is 4.01. The first-order chi connectivity index (χ1) is 4.74. The zero-order chi connectivity index (χ0) is 7.56. The molecule has 0 unspecified atom stereocenters. The number of nitrogens with zero attached hydrogens (tertiary/aromatic N) is 1. The quantitative estimate of drug-likeness (QED) is 0.560. The number of hydrogen-bond donors (Lipinski definition) is 2. The summed E-state index contributed by atoms with van der Waals surface area (Å²) in [6.45, 7) is 1.94. The summed E-state index contributed by atoms with van der Waals surface area (Å²) in [5.41, 5.74) is 1.87. The standard InChI is InChI=1S/C6H7BrN2S/c1-4-2-3-5(9-10)6(7)8-4/h2-3,9-10H,1H3. The van der Waals surface area contributed by atoms with E-state index >= 15 is 0 Å². The van der Waals surface area contributed by atoms with Gasteiger partial charge in [0.25, 0.3) is 0 Å². The molecule has 0 fully saturated rings.